The molecule has 0 saturated heterocycles. The van der Waals surface area contributed by atoms with Crippen LogP contribution < -0.4 is 24.8 Å². The normalized spacial score (nSPS) is 19.7. The van der Waals surface area contributed by atoms with Crippen molar-refractivity contribution in [3.63, 3.8) is 0 Å². The van der Waals surface area contributed by atoms with E-state index in [1.807, 2.05) is 0 Å². The van der Waals surface area contributed by atoms with Crippen LogP contribution >= 0.6 is 0 Å². The first-order valence-corrected chi connectivity index (χ1v) is 16.7. The summed E-state index contributed by atoms with van der Waals surface area (Å²) in [5.74, 6) is 0. The number of benzene rings is 2. The van der Waals surface area contributed by atoms with Gasteiger partial charge in [0.15, 0.2) is 0 Å². The molecule has 0 aromatic heterocycles. The van der Waals surface area contributed by atoms with Crippen molar-refractivity contribution in [2.75, 3.05) is 0 Å². The second-order valence-corrected chi connectivity index (χ2v) is 17.0. The molecule has 2 atom stereocenters. The molecule has 2 unspecified atom stereocenters. The number of hydrogen-bond donors (Lipinski definition) is 0. The van der Waals surface area contributed by atoms with Gasteiger partial charge >= 0.3 is 142 Å². The fourth-order valence-electron chi connectivity index (χ4n) is 3.98. The predicted molar refractivity (Wildman–Crippen MR) is 94.2 cm³/mol. The van der Waals surface area contributed by atoms with E-state index in [-0.39, 0.29) is 24.8 Å². The monoisotopic (exact) mass is 448 g/mol. The van der Waals surface area contributed by atoms with Gasteiger partial charge in [-0.2, -0.15) is 0 Å². The van der Waals surface area contributed by atoms with Crippen LogP contribution in [-0.4, -0.2) is 6.88 Å². The Morgan fingerprint density at radius 3 is 2.25 bits per heavy atom. The van der Waals surface area contributed by atoms with Crippen molar-refractivity contribution in [1.29, 1.82) is 0 Å². The summed E-state index contributed by atoms with van der Waals surface area (Å²) in [5, 5.41) is 0. The van der Waals surface area contributed by atoms with Crippen molar-refractivity contribution in [1.82, 2.24) is 0 Å². The zero-order valence-electron chi connectivity index (χ0n) is 13.9. The molecule has 122 valence electrons. The molecule has 2 aromatic carbocycles. The van der Waals surface area contributed by atoms with E-state index in [1.54, 1.807) is 16.7 Å². The molecular formula is C20H20Cl2SiZr. The Labute approximate surface area is 166 Å². The van der Waals surface area contributed by atoms with Gasteiger partial charge in [0.1, 0.15) is 0 Å². The van der Waals surface area contributed by atoms with Crippen molar-refractivity contribution in [2.24, 2.45) is 0 Å². The molecule has 0 radical (unpaired) electrons. The Balaban J connectivity index is 0.00000104. The average Bonchev–Trinajstić information content (AvgIpc) is 3.08. The standard InChI is InChI=1S/C11H11.C9H7.2ClH.H2Si.Zr/c1-8-7-10-5-3-4-6-11(10)9(8)2;1-2-5-9-7-3-6-8(9)4-1;;;;/h3-7H,1-2H3;1-7H;2*1H;1H2;/q;;;;;+2/p-2. The van der Waals surface area contributed by atoms with Crippen molar-refractivity contribution in [3.8, 4) is 0 Å². The molecule has 0 nitrogen and oxygen atoms in total. The van der Waals surface area contributed by atoms with Gasteiger partial charge < -0.3 is 24.8 Å². The Kier molecular flexibility index (Phi) is 6.53. The molecule has 0 saturated carbocycles. The van der Waals surface area contributed by atoms with Crippen LogP contribution in [0, 0.1) is 0 Å². The van der Waals surface area contributed by atoms with Crippen molar-refractivity contribution in [3.05, 3.63) is 82.4 Å². The third-order valence-corrected chi connectivity index (χ3v) is 17.1. The molecule has 0 fully saturated rings. The van der Waals surface area contributed by atoms with E-state index < -0.39 is 20.4 Å². The quantitative estimate of drug-likeness (QED) is 0.488. The topological polar surface area (TPSA) is 0 Å². The van der Waals surface area contributed by atoms with Crippen LogP contribution in [0.15, 0.2) is 60.2 Å². The van der Waals surface area contributed by atoms with Gasteiger partial charge in [-0.3, -0.25) is 0 Å². The first-order chi connectivity index (χ1) is 10.7. The summed E-state index contributed by atoms with van der Waals surface area (Å²) < 4.78 is 1.48. The number of rotatable bonds is 2. The fraction of sp³-hybridized carbons (Fsp3) is 0.200. The predicted octanol–water partition coefficient (Wildman–Crippen LogP) is -1.52. The summed E-state index contributed by atoms with van der Waals surface area (Å²) in [4.78, 5) is 0. The summed E-state index contributed by atoms with van der Waals surface area (Å²) in [5.41, 5.74) is 9.32. The van der Waals surface area contributed by atoms with E-state index in [0.29, 0.717) is 0 Å². The van der Waals surface area contributed by atoms with Crippen molar-refractivity contribution in [2.45, 2.75) is 21.1 Å². The van der Waals surface area contributed by atoms with Crippen LogP contribution in [0.2, 0.25) is 0 Å². The van der Waals surface area contributed by atoms with E-state index in [1.165, 1.54) is 16.7 Å². The SMILES string of the molecule is CC1=C(C)[CH]([Zr+2](=[SiH2])[CH]2C=Cc3ccccc32)c2ccccc21.[Cl-].[Cl-]. The molecule has 0 N–H and O–H groups in total. The van der Waals surface area contributed by atoms with Crippen molar-refractivity contribution >= 4 is 18.5 Å². The van der Waals surface area contributed by atoms with Crippen molar-refractivity contribution < 1.29 is 45.2 Å². The molecule has 0 heterocycles. The maximum Gasteiger partial charge on any atom is -1.00 e. The van der Waals surface area contributed by atoms with Crippen LogP contribution in [0.25, 0.3) is 11.6 Å². The minimum absolute atomic E-state index is 0. The van der Waals surface area contributed by atoms with Gasteiger partial charge in [0.05, 0.1) is 0 Å². The maximum atomic E-state index is 2.50. The van der Waals surface area contributed by atoms with Gasteiger partial charge in [-0.05, 0) is 0 Å². The zero-order chi connectivity index (χ0) is 15.3. The van der Waals surface area contributed by atoms with E-state index in [4.69, 9.17) is 0 Å². The second kappa shape index (κ2) is 7.87. The van der Waals surface area contributed by atoms with E-state index in [0.717, 1.165) is 7.25 Å². The fourth-order valence-corrected chi connectivity index (χ4v) is 16.1. The van der Waals surface area contributed by atoms with Crippen LogP contribution in [0.5, 0.6) is 0 Å². The first kappa shape index (κ1) is 19.9. The van der Waals surface area contributed by atoms with E-state index >= 15 is 0 Å². The summed E-state index contributed by atoms with van der Waals surface area (Å²) >= 11 is -1.66. The molecule has 2 aliphatic rings. The zero-order valence-corrected chi connectivity index (χ0v) is 19.3. The van der Waals surface area contributed by atoms with Crippen LogP contribution in [0.1, 0.15) is 43.4 Å². The third kappa shape index (κ3) is 3.07. The molecule has 24 heavy (non-hydrogen) atoms. The molecule has 2 aliphatic carbocycles. The minimum atomic E-state index is -1.66. The largest absolute Gasteiger partial charge is 1.00 e. The minimum Gasteiger partial charge on any atom is -1.00 e. The Morgan fingerprint density at radius 2 is 1.50 bits per heavy atom. The molecule has 4 heteroatoms. The molecule has 0 amide bonds. The van der Waals surface area contributed by atoms with Gasteiger partial charge in [-0.25, -0.2) is 0 Å². The summed E-state index contributed by atoms with van der Waals surface area (Å²) in [6, 6.07) is 18.1. The summed E-state index contributed by atoms with van der Waals surface area (Å²) in [7, 11) is 0. The number of fused-ring (bicyclic) bond motifs is 2. The smallest absolute Gasteiger partial charge is 1.00 e. The second-order valence-electron chi connectivity index (χ2n) is 6.37. The number of halogens is 2. The van der Waals surface area contributed by atoms with Gasteiger partial charge in [0.2, 0.25) is 0 Å². The Bertz CT molecular complexity index is 854. The summed E-state index contributed by atoms with van der Waals surface area (Å²) in [6.07, 6.45) is 4.84. The molecule has 4 rings (SSSR count). The van der Waals surface area contributed by atoms with Crippen LogP contribution in [0.4, 0.5) is 0 Å². The Hall–Kier alpha value is -0.400. The maximum absolute atomic E-state index is 2.50. The molecule has 0 spiro atoms. The van der Waals surface area contributed by atoms with Gasteiger partial charge in [0, 0.05) is 0 Å². The van der Waals surface area contributed by atoms with Crippen LogP contribution in [-0.2, 0) is 20.4 Å². The summed E-state index contributed by atoms with van der Waals surface area (Å²) in [6.45, 7) is 7.06. The van der Waals surface area contributed by atoms with Gasteiger partial charge in [0.25, 0.3) is 0 Å². The first-order valence-electron chi connectivity index (χ1n) is 7.91. The average molecular weight is 451 g/mol. The van der Waals surface area contributed by atoms with Crippen LogP contribution in [0.3, 0.4) is 0 Å². The van der Waals surface area contributed by atoms with Gasteiger partial charge in [-0.1, -0.05) is 0 Å². The third-order valence-electron chi connectivity index (χ3n) is 5.27. The molecular weight excluding hydrogens is 430 g/mol. The molecule has 0 aliphatic heterocycles. The Morgan fingerprint density at radius 1 is 0.875 bits per heavy atom. The number of allylic oxidation sites excluding steroid dienone is 3. The molecule has 2 aromatic rings. The number of hydrogen-bond acceptors (Lipinski definition) is 0. The van der Waals surface area contributed by atoms with E-state index in [9.17, 15) is 0 Å². The van der Waals surface area contributed by atoms with Gasteiger partial charge in [-0.15, -0.1) is 0 Å². The van der Waals surface area contributed by atoms with E-state index in [2.05, 4.69) is 81.4 Å². The molecule has 0 bridgehead atoms.